The monoisotopic (exact) mass is 419 g/mol. The molecule has 0 radical (unpaired) electrons. The Balaban J connectivity index is 1.40. The van der Waals surface area contributed by atoms with Gasteiger partial charge in [0.15, 0.2) is 0 Å². The Bertz CT molecular complexity index is 1240. The van der Waals surface area contributed by atoms with Gasteiger partial charge < -0.3 is 15.6 Å². The third-order valence-corrected chi connectivity index (χ3v) is 4.52. The number of hydrogen-bond acceptors (Lipinski definition) is 7. The van der Waals surface area contributed by atoms with Crippen LogP contribution in [0.3, 0.4) is 0 Å². The number of carbonyl (C=O) groups is 1. The summed E-state index contributed by atoms with van der Waals surface area (Å²) in [7, 11) is 0. The van der Waals surface area contributed by atoms with Gasteiger partial charge in [-0.3, -0.25) is 4.79 Å². The average Bonchev–Trinajstić information content (AvgIpc) is 3.39. The second-order valence-corrected chi connectivity index (χ2v) is 6.65. The summed E-state index contributed by atoms with van der Waals surface area (Å²) in [5.74, 6) is 0.619. The van der Waals surface area contributed by atoms with Gasteiger partial charge in [0.25, 0.3) is 5.91 Å². The molecule has 4 rings (SSSR count). The maximum atomic E-state index is 12.4. The predicted molar refractivity (Wildman–Crippen MR) is 109 cm³/mol. The summed E-state index contributed by atoms with van der Waals surface area (Å²) in [5.41, 5.74) is 7.99. The van der Waals surface area contributed by atoms with Crippen LogP contribution in [-0.4, -0.2) is 25.8 Å². The van der Waals surface area contributed by atoms with Gasteiger partial charge in [-0.15, -0.1) is 0 Å². The lowest BCUT2D eigenvalue weighted by atomic mass is 10.2. The third-order valence-electron chi connectivity index (χ3n) is 4.27. The van der Waals surface area contributed by atoms with Crippen LogP contribution in [0.1, 0.15) is 21.8 Å². The molecule has 0 fully saturated rings. The SMILES string of the molecule is N#Cc1cnn(-c2ccc(C(=O)NCc3nc(-c4ccc(Cl)cc4)no3)cc2)c1N. The highest BCUT2D eigenvalue weighted by molar-refractivity contribution is 6.30. The van der Waals surface area contributed by atoms with E-state index in [1.807, 2.05) is 6.07 Å². The van der Waals surface area contributed by atoms with E-state index in [2.05, 4.69) is 20.6 Å². The molecule has 3 N–H and O–H groups in total. The number of carbonyl (C=O) groups excluding carboxylic acids is 1. The fourth-order valence-electron chi connectivity index (χ4n) is 2.70. The van der Waals surface area contributed by atoms with Crippen LogP contribution in [0, 0.1) is 11.3 Å². The molecule has 0 aliphatic carbocycles. The van der Waals surface area contributed by atoms with Gasteiger partial charge in [0.05, 0.1) is 18.4 Å². The molecule has 0 bridgehead atoms. The van der Waals surface area contributed by atoms with Crippen molar-refractivity contribution in [2.75, 3.05) is 5.73 Å². The first-order valence-corrected chi connectivity index (χ1v) is 9.13. The van der Waals surface area contributed by atoms with Crippen molar-refractivity contribution in [2.45, 2.75) is 6.54 Å². The number of nitrogens with zero attached hydrogens (tertiary/aromatic N) is 5. The van der Waals surface area contributed by atoms with E-state index in [-0.39, 0.29) is 29.7 Å². The first-order valence-electron chi connectivity index (χ1n) is 8.76. The number of aromatic nitrogens is 4. The summed E-state index contributed by atoms with van der Waals surface area (Å²) in [6.07, 6.45) is 1.39. The van der Waals surface area contributed by atoms with Crippen LogP contribution in [0.15, 0.2) is 59.3 Å². The van der Waals surface area contributed by atoms with E-state index in [0.717, 1.165) is 5.56 Å². The lowest BCUT2D eigenvalue weighted by Crippen LogP contribution is -2.23. The van der Waals surface area contributed by atoms with Gasteiger partial charge in [-0.2, -0.15) is 15.3 Å². The molecule has 4 aromatic rings. The molecule has 9 nitrogen and oxygen atoms in total. The minimum absolute atomic E-state index is 0.0822. The van der Waals surface area contributed by atoms with E-state index in [1.165, 1.54) is 10.9 Å². The van der Waals surface area contributed by atoms with Crippen molar-refractivity contribution in [2.24, 2.45) is 0 Å². The molecular formula is C20H14ClN7O2. The maximum absolute atomic E-state index is 12.4. The van der Waals surface area contributed by atoms with Gasteiger partial charge in [0.1, 0.15) is 17.5 Å². The minimum atomic E-state index is -0.307. The van der Waals surface area contributed by atoms with Crippen LogP contribution in [0.5, 0.6) is 0 Å². The fraction of sp³-hybridized carbons (Fsp3) is 0.0500. The lowest BCUT2D eigenvalue weighted by molar-refractivity contribution is 0.0946. The van der Waals surface area contributed by atoms with Crippen LogP contribution < -0.4 is 11.1 Å². The van der Waals surface area contributed by atoms with E-state index in [0.29, 0.717) is 22.1 Å². The number of nitriles is 1. The van der Waals surface area contributed by atoms with Gasteiger partial charge in [-0.05, 0) is 48.5 Å². The number of halogens is 1. The highest BCUT2D eigenvalue weighted by atomic mass is 35.5. The van der Waals surface area contributed by atoms with Gasteiger partial charge >= 0.3 is 0 Å². The zero-order valence-electron chi connectivity index (χ0n) is 15.4. The van der Waals surface area contributed by atoms with Crippen molar-refractivity contribution < 1.29 is 9.32 Å². The zero-order chi connectivity index (χ0) is 21.1. The van der Waals surface area contributed by atoms with Crippen molar-refractivity contribution >= 4 is 23.3 Å². The molecule has 30 heavy (non-hydrogen) atoms. The number of nitrogen functional groups attached to an aromatic ring is 1. The molecule has 0 saturated heterocycles. The Morgan fingerprint density at radius 3 is 2.60 bits per heavy atom. The number of rotatable bonds is 5. The van der Waals surface area contributed by atoms with Crippen molar-refractivity contribution in [1.29, 1.82) is 5.26 Å². The number of nitrogens with two attached hydrogens (primary N) is 1. The summed E-state index contributed by atoms with van der Waals surface area (Å²) in [4.78, 5) is 16.7. The standard InChI is InChI=1S/C20H14ClN7O2/c21-15-5-1-12(2-6-15)19-26-17(30-27-19)11-24-20(29)13-3-7-16(8-4-13)28-18(23)14(9-22)10-25-28/h1-8,10H,11,23H2,(H,24,29). The molecule has 2 heterocycles. The molecule has 10 heteroatoms. The first kappa shape index (κ1) is 19.2. The second-order valence-electron chi connectivity index (χ2n) is 6.22. The van der Waals surface area contributed by atoms with E-state index in [9.17, 15) is 4.79 Å². The topological polar surface area (TPSA) is 136 Å². The predicted octanol–water partition coefficient (Wildman–Crippen LogP) is 2.96. The Morgan fingerprint density at radius 1 is 1.20 bits per heavy atom. The van der Waals surface area contributed by atoms with Crippen LogP contribution in [0.4, 0.5) is 5.82 Å². The normalized spacial score (nSPS) is 10.5. The average molecular weight is 420 g/mol. The molecule has 0 atom stereocenters. The van der Waals surface area contributed by atoms with Crippen LogP contribution in [0.2, 0.25) is 5.02 Å². The minimum Gasteiger partial charge on any atom is -0.382 e. The highest BCUT2D eigenvalue weighted by Gasteiger charge is 2.12. The summed E-state index contributed by atoms with van der Waals surface area (Å²) in [6.45, 7) is 0.0822. The lowest BCUT2D eigenvalue weighted by Gasteiger charge is -2.06. The third kappa shape index (κ3) is 3.85. The number of hydrogen-bond donors (Lipinski definition) is 2. The van der Waals surface area contributed by atoms with Crippen molar-refractivity contribution in [1.82, 2.24) is 25.2 Å². The number of anilines is 1. The van der Waals surface area contributed by atoms with E-state index in [1.54, 1.807) is 48.5 Å². The van der Waals surface area contributed by atoms with Crippen molar-refractivity contribution in [3.63, 3.8) is 0 Å². The molecule has 0 spiro atoms. The smallest absolute Gasteiger partial charge is 0.251 e. The second kappa shape index (κ2) is 8.06. The van der Waals surface area contributed by atoms with Crippen LogP contribution in [0.25, 0.3) is 17.1 Å². The van der Waals surface area contributed by atoms with E-state index < -0.39 is 0 Å². The van der Waals surface area contributed by atoms with Crippen molar-refractivity contribution in [3.05, 3.63) is 76.8 Å². The van der Waals surface area contributed by atoms with Gasteiger partial charge in [0.2, 0.25) is 11.7 Å². The Labute approximate surface area is 175 Å². The van der Waals surface area contributed by atoms with Gasteiger partial charge in [-0.1, -0.05) is 16.8 Å². The number of nitrogens with one attached hydrogen (secondary N) is 1. The Hall–Kier alpha value is -4.16. The van der Waals surface area contributed by atoms with Gasteiger partial charge in [-0.25, -0.2) is 4.68 Å². The molecule has 2 aromatic carbocycles. The van der Waals surface area contributed by atoms with Crippen LogP contribution >= 0.6 is 11.6 Å². The quantitative estimate of drug-likeness (QED) is 0.507. The molecule has 0 unspecified atom stereocenters. The summed E-state index contributed by atoms with van der Waals surface area (Å²) >= 11 is 5.87. The molecular weight excluding hydrogens is 406 g/mol. The Kier molecular flexibility index (Phi) is 5.15. The number of amides is 1. The maximum Gasteiger partial charge on any atom is 0.251 e. The van der Waals surface area contributed by atoms with E-state index >= 15 is 0 Å². The van der Waals surface area contributed by atoms with Crippen LogP contribution in [-0.2, 0) is 6.54 Å². The summed E-state index contributed by atoms with van der Waals surface area (Å²) < 4.78 is 6.61. The fourth-order valence-corrected chi connectivity index (χ4v) is 2.83. The summed E-state index contributed by atoms with van der Waals surface area (Å²) in [5, 5.41) is 20.3. The summed E-state index contributed by atoms with van der Waals surface area (Å²) in [6, 6.07) is 15.6. The zero-order valence-corrected chi connectivity index (χ0v) is 16.2. The van der Waals surface area contributed by atoms with Gasteiger partial charge in [0, 0.05) is 16.1 Å². The highest BCUT2D eigenvalue weighted by Crippen LogP contribution is 2.19. The molecule has 148 valence electrons. The molecule has 1 amide bonds. The molecule has 0 saturated carbocycles. The Morgan fingerprint density at radius 2 is 1.93 bits per heavy atom. The first-order chi connectivity index (χ1) is 14.5. The van der Waals surface area contributed by atoms with E-state index in [4.69, 9.17) is 27.1 Å². The largest absolute Gasteiger partial charge is 0.382 e. The van der Waals surface area contributed by atoms with Crippen molar-refractivity contribution in [3.8, 4) is 23.1 Å². The number of benzene rings is 2. The molecule has 2 aromatic heterocycles. The molecule has 0 aliphatic heterocycles. The molecule has 0 aliphatic rings.